The predicted octanol–water partition coefficient (Wildman–Crippen LogP) is 4.10. The lowest BCUT2D eigenvalue weighted by atomic mass is 10.0. The quantitative estimate of drug-likeness (QED) is 0.596. The molecule has 1 amide bonds. The number of aromatic nitrogens is 2. The molecule has 1 aliphatic rings. The number of carbonyl (C=O) groups excluding carboxylic acids is 1. The fraction of sp³-hybridized carbons (Fsp3) is 0.286. The van der Waals surface area contributed by atoms with Gasteiger partial charge in [0.25, 0.3) is 0 Å². The number of benzene rings is 2. The van der Waals surface area contributed by atoms with E-state index in [-0.39, 0.29) is 23.2 Å². The summed E-state index contributed by atoms with van der Waals surface area (Å²) in [6.07, 6.45) is -2.32. The Hall–Kier alpha value is -3.36. The van der Waals surface area contributed by atoms with Crippen LogP contribution in [-0.2, 0) is 11.0 Å². The highest BCUT2D eigenvalue weighted by molar-refractivity contribution is 6.00. The van der Waals surface area contributed by atoms with Crippen molar-refractivity contribution in [2.75, 3.05) is 11.9 Å². The van der Waals surface area contributed by atoms with Gasteiger partial charge in [-0.15, -0.1) is 10.2 Å². The van der Waals surface area contributed by atoms with Crippen LogP contribution in [-0.4, -0.2) is 33.8 Å². The van der Waals surface area contributed by atoms with Crippen LogP contribution in [0.5, 0.6) is 5.75 Å². The summed E-state index contributed by atoms with van der Waals surface area (Å²) < 4.78 is 38.7. The van der Waals surface area contributed by atoms with E-state index in [1.54, 1.807) is 12.1 Å². The number of piperidine rings is 1. The van der Waals surface area contributed by atoms with Crippen molar-refractivity contribution in [1.29, 1.82) is 0 Å². The molecule has 2 heterocycles. The van der Waals surface area contributed by atoms with Crippen molar-refractivity contribution < 1.29 is 23.1 Å². The van der Waals surface area contributed by atoms with Crippen LogP contribution in [0.3, 0.4) is 0 Å². The van der Waals surface area contributed by atoms with Crippen molar-refractivity contribution in [3.63, 3.8) is 0 Å². The van der Waals surface area contributed by atoms with E-state index in [9.17, 15) is 23.1 Å². The Kier molecular flexibility index (Phi) is 5.19. The number of hydrogen-bond acceptors (Lipinski definition) is 5. The molecule has 3 aromatic rings. The van der Waals surface area contributed by atoms with Crippen LogP contribution in [0.15, 0.2) is 42.5 Å². The first-order chi connectivity index (χ1) is 14.3. The predicted molar refractivity (Wildman–Crippen MR) is 106 cm³/mol. The van der Waals surface area contributed by atoms with E-state index in [0.717, 1.165) is 18.9 Å². The van der Waals surface area contributed by atoms with Crippen molar-refractivity contribution in [2.45, 2.75) is 31.5 Å². The zero-order chi connectivity index (χ0) is 21.3. The van der Waals surface area contributed by atoms with E-state index in [4.69, 9.17) is 0 Å². The number of anilines is 1. The van der Waals surface area contributed by atoms with Crippen molar-refractivity contribution in [3.8, 4) is 17.0 Å². The number of nitrogens with one attached hydrogen (secondary N) is 2. The molecule has 30 heavy (non-hydrogen) atoms. The molecule has 1 saturated heterocycles. The van der Waals surface area contributed by atoms with Crippen molar-refractivity contribution >= 4 is 22.5 Å². The lowest BCUT2D eigenvalue weighted by molar-refractivity contribution is -0.137. The average molecular weight is 416 g/mol. The first-order valence-corrected chi connectivity index (χ1v) is 9.52. The summed E-state index contributed by atoms with van der Waals surface area (Å²) in [5.74, 6) is 0.00704. The number of amides is 1. The van der Waals surface area contributed by atoms with Crippen LogP contribution in [0.1, 0.15) is 24.8 Å². The molecule has 0 radical (unpaired) electrons. The summed E-state index contributed by atoms with van der Waals surface area (Å²) in [4.78, 5) is 11.6. The van der Waals surface area contributed by atoms with Gasteiger partial charge in [-0.3, -0.25) is 4.79 Å². The Labute approximate surface area is 170 Å². The maximum Gasteiger partial charge on any atom is 0.416 e. The summed E-state index contributed by atoms with van der Waals surface area (Å²) in [5.41, 5.74) is -0.486. The van der Waals surface area contributed by atoms with Crippen LogP contribution in [0.25, 0.3) is 22.0 Å². The largest absolute Gasteiger partial charge is 0.507 e. The molecule has 1 aromatic heterocycles. The molecule has 2 aromatic carbocycles. The van der Waals surface area contributed by atoms with Gasteiger partial charge in [0.15, 0.2) is 5.82 Å². The molecule has 0 bridgehead atoms. The smallest absolute Gasteiger partial charge is 0.416 e. The molecule has 3 N–H and O–H groups in total. The average Bonchev–Trinajstić information content (AvgIpc) is 2.71. The molecular formula is C21H19F3N4O2. The van der Waals surface area contributed by atoms with Crippen molar-refractivity contribution in [3.05, 3.63) is 48.0 Å². The fourth-order valence-corrected chi connectivity index (χ4v) is 3.60. The molecule has 9 heteroatoms. The third-order valence-corrected chi connectivity index (χ3v) is 5.10. The molecule has 1 atom stereocenters. The van der Waals surface area contributed by atoms with Gasteiger partial charge in [-0.2, -0.15) is 13.2 Å². The lowest BCUT2D eigenvalue weighted by Crippen LogP contribution is -2.42. The highest BCUT2D eigenvalue weighted by Gasteiger charge is 2.31. The van der Waals surface area contributed by atoms with Gasteiger partial charge in [0, 0.05) is 35.3 Å². The van der Waals surface area contributed by atoms with E-state index in [2.05, 4.69) is 20.8 Å². The highest BCUT2D eigenvalue weighted by Crippen LogP contribution is 2.38. The van der Waals surface area contributed by atoms with Crippen LogP contribution in [0.4, 0.5) is 19.0 Å². The second kappa shape index (κ2) is 7.81. The number of aromatic hydroxyl groups is 1. The summed E-state index contributed by atoms with van der Waals surface area (Å²) >= 11 is 0. The first-order valence-electron chi connectivity index (χ1n) is 9.52. The SMILES string of the molecule is O=C1CCC[C@H](CNc2nnc(-c3ccc(C(F)(F)F)cc3O)c3ccccc23)N1. The summed E-state index contributed by atoms with van der Waals surface area (Å²) in [6.45, 7) is 0.481. The van der Waals surface area contributed by atoms with Gasteiger partial charge < -0.3 is 15.7 Å². The van der Waals surface area contributed by atoms with Gasteiger partial charge in [-0.25, -0.2) is 0 Å². The Morgan fingerprint density at radius 2 is 1.90 bits per heavy atom. The maximum atomic E-state index is 12.9. The van der Waals surface area contributed by atoms with Crippen LogP contribution in [0.2, 0.25) is 0 Å². The monoisotopic (exact) mass is 416 g/mol. The minimum atomic E-state index is -4.55. The Balaban J connectivity index is 1.67. The number of phenolic OH excluding ortho intramolecular Hbond substituents is 1. The zero-order valence-electron chi connectivity index (χ0n) is 15.8. The first kappa shape index (κ1) is 19.9. The second-order valence-electron chi connectivity index (χ2n) is 7.21. The van der Waals surface area contributed by atoms with Gasteiger partial charge >= 0.3 is 6.18 Å². The fourth-order valence-electron chi connectivity index (χ4n) is 3.60. The number of nitrogens with zero attached hydrogens (tertiary/aromatic N) is 2. The van der Waals surface area contributed by atoms with E-state index in [0.29, 0.717) is 35.6 Å². The number of carbonyl (C=O) groups is 1. The van der Waals surface area contributed by atoms with Crippen molar-refractivity contribution in [2.24, 2.45) is 0 Å². The lowest BCUT2D eigenvalue weighted by Gasteiger charge is -2.23. The number of phenols is 1. The van der Waals surface area contributed by atoms with Gasteiger partial charge in [0.05, 0.1) is 5.56 Å². The number of fused-ring (bicyclic) bond motifs is 1. The standard InChI is InChI=1S/C21H19F3N4O2/c22-21(23,24)12-8-9-16(17(29)10-12)19-14-5-1-2-6-15(14)20(28-27-19)25-11-13-4-3-7-18(30)26-13/h1-2,5-6,8-10,13,29H,3-4,7,11H2,(H,25,28)(H,26,30)/t13-/m1/s1. The van der Waals surface area contributed by atoms with Gasteiger partial charge in [-0.05, 0) is 31.0 Å². The van der Waals surface area contributed by atoms with E-state index >= 15 is 0 Å². The molecular weight excluding hydrogens is 397 g/mol. The van der Waals surface area contributed by atoms with Crippen LogP contribution >= 0.6 is 0 Å². The molecule has 1 aliphatic heterocycles. The van der Waals surface area contributed by atoms with Crippen LogP contribution < -0.4 is 10.6 Å². The van der Waals surface area contributed by atoms with Crippen LogP contribution in [0, 0.1) is 0 Å². The maximum absolute atomic E-state index is 12.9. The summed E-state index contributed by atoms with van der Waals surface area (Å²) in [7, 11) is 0. The van der Waals surface area contributed by atoms with Gasteiger partial charge in [0.1, 0.15) is 11.4 Å². The van der Waals surface area contributed by atoms with E-state index in [1.165, 1.54) is 6.07 Å². The summed E-state index contributed by atoms with van der Waals surface area (Å²) in [5, 5.41) is 26.0. The van der Waals surface area contributed by atoms with E-state index in [1.807, 2.05) is 12.1 Å². The molecule has 0 spiro atoms. The number of alkyl halides is 3. The third kappa shape index (κ3) is 4.00. The minimum Gasteiger partial charge on any atom is -0.507 e. The molecule has 0 saturated carbocycles. The highest BCUT2D eigenvalue weighted by atomic mass is 19.4. The topological polar surface area (TPSA) is 87.1 Å². The van der Waals surface area contributed by atoms with Gasteiger partial charge in [0.2, 0.25) is 5.91 Å². The normalized spacial score (nSPS) is 17.0. The Morgan fingerprint density at radius 1 is 1.13 bits per heavy atom. The van der Waals surface area contributed by atoms with E-state index < -0.39 is 17.5 Å². The molecule has 4 rings (SSSR count). The number of hydrogen-bond donors (Lipinski definition) is 3. The molecule has 0 aliphatic carbocycles. The third-order valence-electron chi connectivity index (χ3n) is 5.10. The zero-order valence-corrected chi connectivity index (χ0v) is 15.8. The Morgan fingerprint density at radius 3 is 2.60 bits per heavy atom. The Bertz CT molecular complexity index is 1100. The second-order valence-corrected chi connectivity index (χ2v) is 7.21. The number of rotatable bonds is 4. The minimum absolute atomic E-state index is 0.00885. The molecule has 156 valence electrons. The molecule has 6 nitrogen and oxygen atoms in total. The van der Waals surface area contributed by atoms with Crippen molar-refractivity contribution in [1.82, 2.24) is 15.5 Å². The summed E-state index contributed by atoms with van der Waals surface area (Å²) in [6, 6.07) is 9.95. The molecule has 1 fully saturated rings. The van der Waals surface area contributed by atoms with Gasteiger partial charge in [-0.1, -0.05) is 24.3 Å². The number of halogens is 3. The molecule has 0 unspecified atom stereocenters.